The Hall–Kier alpha value is -2.00. The molecular weight excluding hydrogens is 270 g/mol. The van der Waals surface area contributed by atoms with Crippen LogP contribution < -0.4 is 5.73 Å². The number of rotatable bonds is 2. The van der Waals surface area contributed by atoms with E-state index < -0.39 is 0 Å². The van der Waals surface area contributed by atoms with Crippen LogP contribution in [0.2, 0.25) is 0 Å². The Morgan fingerprint density at radius 2 is 2.15 bits per heavy atom. The number of nitriles is 1. The molecule has 1 aromatic carbocycles. The summed E-state index contributed by atoms with van der Waals surface area (Å²) in [5, 5.41) is 18.4. The molecule has 0 aliphatic carbocycles. The van der Waals surface area contributed by atoms with Crippen LogP contribution in [0.3, 0.4) is 0 Å². The molecule has 3 rings (SSSR count). The zero-order valence-corrected chi connectivity index (χ0v) is 11.9. The summed E-state index contributed by atoms with van der Waals surface area (Å²) in [5.41, 5.74) is 7.04. The molecule has 6 heteroatoms. The highest BCUT2D eigenvalue weighted by Crippen LogP contribution is 2.33. The average molecular weight is 285 g/mol. The van der Waals surface area contributed by atoms with E-state index in [1.165, 1.54) is 24.6 Å². The van der Waals surface area contributed by atoms with Gasteiger partial charge in [-0.2, -0.15) is 5.26 Å². The van der Waals surface area contributed by atoms with E-state index in [2.05, 4.69) is 20.8 Å². The second-order valence-corrected chi connectivity index (χ2v) is 5.80. The summed E-state index contributed by atoms with van der Waals surface area (Å²) in [6, 6.07) is 7.59. The number of aryl methyl sites for hydroxylation is 1. The first-order valence-corrected chi connectivity index (χ1v) is 7.50. The van der Waals surface area contributed by atoms with Gasteiger partial charge < -0.3 is 10.3 Å². The number of nitrogens with two attached hydrogens (primary N) is 1. The molecule has 0 saturated carbocycles. The molecule has 20 heavy (non-hydrogen) atoms. The summed E-state index contributed by atoms with van der Waals surface area (Å²) in [7, 11) is 0. The molecule has 5 nitrogen and oxygen atoms in total. The van der Waals surface area contributed by atoms with Crippen LogP contribution in [-0.2, 0) is 13.0 Å². The fraction of sp³-hybridized carbons (Fsp3) is 0.357. The average Bonchev–Trinajstić information content (AvgIpc) is 2.70. The lowest BCUT2D eigenvalue weighted by molar-refractivity contribution is 0.591. The number of aromatic nitrogens is 3. The minimum Gasteiger partial charge on any atom is -0.397 e. The Morgan fingerprint density at radius 1 is 1.25 bits per heavy atom. The zero-order valence-electron chi connectivity index (χ0n) is 11.0. The molecule has 1 aromatic heterocycles. The van der Waals surface area contributed by atoms with Gasteiger partial charge in [-0.1, -0.05) is 12.5 Å². The molecule has 0 atom stereocenters. The third-order valence-electron chi connectivity index (χ3n) is 3.46. The molecule has 2 aromatic rings. The van der Waals surface area contributed by atoms with Gasteiger partial charge in [-0.05, 0) is 36.7 Å². The standard InChI is InChI=1S/C14H15N5S/c15-9-10-5-4-6-11(13(10)16)20-14-18-17-12-7-2-1-3-8-19(12)14/h4-6H,1-3,7-8,16H2. The molecule has 0 bridgehead atoms. The summed E-state index contributed by atoms with van der Waals surface area (Å²) < 4.78 is 2.18. The van der Waals surface area contributed by atoms with Crippen molar-refractivity contribution in [3.05, 3.63) is 29.6 Å². The largest absolute Gasteiger partial charge is 0.397 e. The quantitative estimate of drug-likeness (QED) is 0.858. The predicted molar refractivity (Wildman–Crippen MR) is 77.3 cm³/mol. The molecule has 0 spiro atoms. The van der Waals surface area contributed by atoms with Gasteiger partial charge in [-0.3, -0.25) is 0 Å². The van der Waals surface area contributed by atoms with Crippen molar-refractivity contribution in [3.8, 4) is 6.07 Å². The minimum absolute atomic E-state index is 0.505. The van der Waals surface area contributed by atoms with Gasteiger partial charge in [0.1, 0.15) is 11.9 Å². The van der Waals surface area contributed by atoms with Gasteiger partial charge in [0.2, 0.25) is 0 Å². The smallest absolute Gasteiger partial charge is 0.196 e. The lowest BCUT2D eigenvalue weighted by Gasteiger charge is -2.08. The Labute approximate surface area is 121 Å². The van der Waals surface area contributed by atoms with E-state index in [1.807, 2.05) is 12.1 Å². The number of nitrogens with zero attached hydrogens (tertiary/aromatic N) is 4. The van der Waals surface area contributed by atoms with Crippen molar-refractivity contribution in [2.75, 3.05) is 5.73 Å². The van der Waals surface area contributed by atoms with Gasteiger partial charge in [0.15, 0.2) is 5.16 Å². The van der Waals surface area contributed by atoms with E-state index in [0.717, 1.165) is 35.3 Å². The van der Waals surface area contributed by atoms with Crippen LogP contribution in [0, 0.1) is 11.3 Å². The van der Waals surface area contributed by atoms with E-state index in [4.69, 9.17) is 11.0 Å². The van der Waals surface area contributed by atoms with E-state index in [0.29, 0.717) is 11.3 Å². The van der Waals surface area contributed by atoms with Gasteiger partial charge in [0.25, 0.3) is 0 Å². The van der Waals surface area contributed by atoms with E-state index in [9.17, 15) is 0 Å². The first-order valence-electron chi connectivity index (χ1n) is 6.68. The van der Waals surface area contributed by atoms with Crippen molar-refractivity contribution in [2.24, 2.45) is 0 Å². The van der Waals surface area contributed by atoms with Gasteiger partial charge in [0.05, 0.1) is 11.3 Å². The Kier molecular flexibility index (Phi) is 3.61. The van der Waals surface area contributed by atoms with Crippen molar-refractivity contribution in [1.29, 1.82) is 5.26 Å². The third kappa shape index (κ3) is 2.37. The molecule has 0 amide bonds. The number of anilines is 1. The van der Waals surface area contributed by atoms with Crippen molar-refractivity contribution >= 4 is 17.4 Å². The number of fused-ring (bicyclic) bond motifs is 1. The molecule has 0 saturated heterocycles. The van der Waals surface area contributed by atoms with Crippen LogP contribution in [0.1, 0.15) is 30.7 Å². The Bertz CT molecular complexity index is 671. The highest BCUT2D eigenvalue weighted by atomic mass is 32.2. The van der Waals surface area contributed by atoms with Crippen molar-refractivity contribution in [3.63, 3.8) is 0 Å². The molecule has 2 N–H and O–H groups in total. The first kappa shape index (κ1) is 13.0. The topological polar surface area (TPSA) is 80.5 Å². The third-order valence-corrected chi connectivity index (χ3v) is 4.52. The summed E-state index contributed by atoms with van der Waals surface area (Å²) in [6.45, 7) is 0.961. The number of nitrogen functional groups attached to an aromatic ring is 1. The molecule has 102 valence electrons. The normalized spacial score (nSPS) is 14.3. The van der Waals surface area contributed by atoms with Gasteiger partial charge in [-0.25, -0.2) is 0 Å². The molecule has 0 fully saturated rings. The lowest BCUT2D eigenvalue weighted by atomic mass is 10.2. The summed E-state index contributed by atoms with van der Waals surface area (Å²) in [4.78, 5) is 0.864. The van der Waals surface area contributed by atoms with Crippen molar-refractivity contribution in [2.45, 2.75) is 42.3 Å². The molecule has 1 aliphatic heterocycles. The van der Waals surface area contributed by atoms with Crippen LogP contribution in [0.25, 0.3) is 0 Å². The number of hydrogen-bond acceptors (Lipinski definition) is 5. The Balaban J connectivity index is 1.93. The van der Waals surface area contributed by atoms with Crippen LogP contribution in [0.15, 0.2) is 28.3 Å². The second-order valence-electron chi connectivity index (χ2n) is 4.79. The zero-order chi connectivity index (χ0) is 13.9. The molecule has 2 heterocycles. The molecule has 0 radical (unpaired) electrons. The highest BCUT2D eigenvalue weighted by Gasteiger charge is 2.16. The van der Waals surface area contributed by atoms with Crippen LogP contribution in [0.5, 0.6) is 0 Å². The van der Waals surface area contributed by atoms with Crippen LogP contribution >= 0.6 is 11.8 Å². The van der Waals surface area contributed by atoms with Crippen molar-refractivity contribution < 1.29 is 0 Å². The van der Waals surface area contributed by atoms with Crippen molar-refractivity contribution in [1.82, 2.24) is 14.8 Å². The first-order chi connectivity index (χ1) is 9.79. The molecule has 0 unspecified atom stereocenters. The van der Waals surface area contributed by atoms with Crippen LogP contribution in [-0.4, -0.2) is 14.8 Å². The maximum atomic E-state index is 9.03. The minimum atomic E-state index is 0.505. The number of benzene rings is 1. The predicted octanol–water partition coefficient (Wildman–Crippen LogP) is 2.61. The maximum Gasteiger partial charge on any atom is 0.196 e. The summed E-state index contributed by atoms with van der Waals surface area (Å²) >= 11 is 1.49. The van der Waals surface area contributed by atoms with Gasteiger partial charge in [-0.15, -0.1) is 10.2 Å². The van der Waals surface area contributed by atoms with E-state index in [1.54, 1.807) is 6.07 Å². The summed E-state index contributed by atoms with van der Waals surface area (Å²) in [6.07, 6.45) is 4.56. The van der Waals surface area contributed by atoms with E-state index >= 15 is 0 Å². The lowest BCUT2D eigenvalue weighted by Crippen LogP contribution is -2.02. The van der Waals surface area contributed by atoms with E-state index in [-0.39, 0.29) is 0 Å². The monoisotopic (exact) mass is 285 g/mol. The molecule has 1 aliphatic rings. The maximum absolute atomic E-state index is 9.03. The fourth-order valence-corrected chi connectivity index (χ4v) is 3.31. The second kappa shape index (κ2) is 5.55. The summed E-state index contributed by atoms with van der Waals surface area (Å²) in [5.74, 6) is 1.06. The van der Waals surface area contributed by atoms with Gasteiger partial charge in [0, 0.05) is 17.9 Å². The number of para-hydroxylation sites is 1. The Morgan fingerprint density at radius 3 is 3.00 bits per heavy atom. The molecular formula is C14H15N5S. The highest BCUT2D eigenvalue weighted by molar-refractivity contribution is 7.99. The van der Waals surface area contributed by atoms with Crippen LogP contribution in [0.4, 0.5) is 5.69 Å². The number of hydrogen-bond donors (Lipinski definition) is 1. The SMILES string of the molecule is N#Cc1cccc(Sc2nnc3n2CCCCC3)c1N. The van der Waals surface area contributed by atoms with Gasteiger partial charge >= 0.3 is 0 Å². The fourth-order valence-electron chi connectivity index (χ4n) is 2.36.